The third-order valence-corrected chi connectivity index (χ3v) is 9.16. The standard InChI is InChI=1S/C40H29FN6O/c41-33-21-18-27(19-22-33)37-34(29-20-23-36-42-24-35(46(36)25-29)38-43-39(48-45-38)28-16-17-28)26-47(44-37)40(30-10-4-1-5-11-30,31-12-6-2-7-13-31)32-14-8-3-9-15-32/h1-15,18-26,28H,16-17H2. The van der Waals surface area contributed by atoms with E-state index < -0.39 is 5.54 Å². The number of aromatic nitrogens is 6. The SMILES string of the molecule is Fc1ccc(-c2nn(C(c3ccccc3)(c3ccccc3)c3ccccc3)cc2-c2ccc3ncc(-c4noc(C5CC5)n4)n3c2)cc1. The van der Waals surface area contributed by atoms with E-state index in [2.05, 4.69) is 98.8 Å². The molecule has 4 heterocycles. The Balaban J connectivity index is 1.30. The van der Waals surface area contributed by atoms with E-state index in [1.165, 1.54) is 12.1 Å². The van der Waals surface area contributed by atoms with Crippen molar-refractivity contribution < 1.29 is 8.91 Å². The number of rotatable bonds is 8. The number of imidazole rings is 1. The predicted octanol–water partition coefficient (Wildman–Crippen LogP) is 8.77. The van der Waals surface area contributed by atoms with Gasteiger partial charge < -0.3 is 4.52 Å². The van der Waals surface area contributed by atoms with E-state index in [1.54, 1.807) is 18.3 Å². The molecule has 1 saturated carbocycles. The van der Waals surface area contributed by atoms with E-state index in [4.69, 9.17) is 9.62 Å². The molecule has 232 valence electrons. The zero-order valence-corrected chi connectivity index (χ0v) is 25.8. The summed E-state index contributed by atoms with van der Waals surface area (Å²) in [6, 6.07) is 41.8. The van der Waals surface area contributed by atoms with Crippen LogP contribution in [0.4, 0.5) is 4.39 Å². The summed E-state index contributed by atoms with van der Waals surface area (Å²) in [7, 11) is 0. The molecule has 0 bridgehead atoms. The van der Waals surface area contributed by atoms with Crippen LogP contribution in [0.2, 0.25) is 0 Å². The Labute approximate surface area is 276 Å². The Hall–Kier alpha value is -6.15. The van der Waals surface area contributed by atoms with Crippen LogP contribution in [0.1, 0.15) is 41.3 Å². The Bertz CT molecular complexity index is 2260. The molecule has 0 atom stereocenters. The summed E-state index contributed by atoms with van der Waals surface area (Å²) >= 11 is 0. The highest BCUT2D eigenvalue weighted by molar-refractivity contribution is 5.81. The lowest BCUT2D eigenvalue weighted by Gasteiger charge is -2.36. The van der Waals surface area contributed by atoms with Crippen LogP contribution >= 0.6 is 0 Å². The van der Waals surface area contributed by atoms with Gasteiger partial charge in [0.1, 0.15) is 28.4 Å². The fraction of sp³-hybridized carbons (Fsp3) is 0.100. The minimum Gasteiger partial charge on any atom is -0.339 e. The third kappa shape index (κ3) is 4.64. The molecule has 1 fully saturated rings. The lowest BCUT2D eigenvalue weighted by Crippen LogP contribution is -2.38. The van der Waals surface area contributed by atoms with E-state index in [9.17, 15) is 4.39 Å². The van der Waals surface area contributed by atoms with Gasteiger partial charge in [-0.2, -0.15) is 10.1 Å². The van der Waals surface area contributed by atoms with Gasteiger partial charge in [0.05, 0.1) is 6.20 Å². The van der Waals surface area contributed by atoms with Gasteiger partial charge in [0.2, 0.25) is 11.7 Å². The molecule has 7 nitrogen and oxygen atoms in total. The number of halogens is 1. The van der Waals surface area contributed by atoms with Crippen molar-refractivity contribution in [3.8, 4) is 33.9 Å². The average molecular weight is 629 g/mol. The van der Waals surface area contributed by atoms with Crippen LogP contribution in [-0.2, 0) is 5.54 Å². The molecule has 8 heteroatoms. The van der Waals surface area contributed by atoms with Crippen molar-refractivity contribution in [1.29, 1.82) is 0 Å². The second-order valence-corrected chi connectivity index (χ2v) is 12.2. The zero-order chi connectivity index (χ0) is 32.1. The summed E-state index contributed by atoms with van der Waals surface area (Å²) in [4.78, 5) is 9.32. The van der Waals surface area contributed by atoms with Gasteiger partial charge in [0.25, 0.3) is 0 Å². The van der Waals surface area contributed by atoms with Gasteiger partial charge in [-0.25, -0.2) is 9.37 Å². The molecule has 1 aliphatic carbocycles. The molecular weight excluding hydrogens is 599 g/mol. The molecule has 0 saturated heterocycles. The first kappa shape index (κ1) is 28.1. The zero-order valence-electron chi connectivity index (χ0n) is 25.8. The number of benzene rings is 4. The molecule has 8 aromatic rings. The summed E-state index contributed by atoms with van der Waals surface area (Å²) in [6.07, 6.45) is 8.06. The van der Waals surface area contributed by atoms with Crippen molar-refractivity contribution in [1.82, 2.24) is 29.3 Å². The summed E-state index contributed by atoms with van der Waals surface area (Å²) in [5, 5.41) is 9.68. The number of hydrogen-bond acceptors (Lipinski definition) is 5. The molecule has 0 spiro atoms. The first-order valence-electron chi connectivity index (χ1n) is 16.0. The van der Waals surface area contributed by atoms with E-state index in [0.29, 0.717) is 17.6 Å². The largest absolute Gasteiger partial charge is 0.339 e. The fourth-order valence-electron chi connectivity index (χ4n) is 6.65. The van der Waals surface area contributed by atoms with Gasteiger partial charge in [-0.1, -0.05) is 96.2 Å². The van der Waals surface area contributed by atoms with Crippen LogP contribution in [0.5, 0.6) is 0 Å². The van der Waals surface area contributed by atoms with Gasteiger partial charge in [0.15, 0.2) is 0 Å². The van der Waals surface area contributed by atoms with Gasteiger partial charge in [-0.05, 0) is 65.9 Å². The quantitative estimate of drug-likeness (QED) is 0.157. The number of nitrogens with zero attached hydrogens (tertiary/aromatic N) is 6. The second-order valence-electron chi connectivity index (χ2n) is 12.2. The van der Waals surface area contributed by atoms with Crippen LogP contribution in [0.25, 0.3) is 39.5 Å². The predicted molar refractivity (Wildman–Crippen MR) is 182 cm³/mol. The number of fused-ring (bicyclic) bond motifs is 1. The number of pyridine rings is 1. The highest BCUT2D eigenvalue weighted by Gasteiger charge is 2.40. The summed E-state index contributed by atoms with van der Waals surface area (Å²) in [5.41, 5.74) is 7.13. The molecule has 0 unspecified atom stereocenters. The molecule has 0 aliphatic heterocycles. The van der Waals surface area contributed by atoms with Crippen molar-refractivity contribution in [3.05, 3.63) is 174 Å². The molecule has 4 aromatic carbocycles. The van der Waals surface area contributed by atoms with E-state index in [1.807, 2.05) is 40.9 Å². The molecule has 0 amide bonds. The monoisotopic (exact) mass is 628 g/mol. The van der Waals surface area contributed by atoms with Gasteiger partial charge in [-0.15, -0.1) is 0 Å². The van der Waals surface area contributed by atoms with Crippen molar-refractivity contribution in [2.75, 3.05) is 0 Å². The van der Waals surface area contributed by atoms with Crippen molar-refractivity contribution >= 4 is 5.65 Å². The first-order chi connectivity index (χ1) is 23.7. The normalized spacial score (nSPS) is 13.3. The minimum atomic E-state index is -0.828. The summed E-state index contributed by atoms with van der Waals surface area (Å²) in [5.74, 6) is 1.23. The number of hydrogen-bond donors (Lipinski definition) is 0. The van der Waals surface area contributed by atoms with Crippen LogP contribution < -0.4 is 0 Å². The fourth-order valence-corrected chi connectivity index (χ4v) is 6.65. The van der Waals surface area contributed by atoms with Crippen LogP contribution in [0.15, 0.2) is 151 Å². The maximum absolute atomic E-state index is 14.2. The van der Waals surface area contributed by atoms with Crippen molar-refractivity contribution in [2.24, 2.45) is 0 Å². The van der Waals surface area contributed by atoms with Gasteiger partial charge >= 0.3 is 0 Å². The van der Waals surface area contributed by atoms with Gasteiger partial charge in [-0.3, -0.25) is 9.08 Å². The van der Waals surface area contributed by atoms with E-state index in [0.717, 1.165) is 63.3 Å². The minimum absolute atomic E-state index is 0.304. The Morgan fingerprint density at radius 3 is 1.90 bits per heavy atom. The second kappa shape index (κ2) is 11.3. The van der Waals surface area contributed by atoms with E-state index in [-0.39, 0.29) is 5.82 Å². The lowest BCUT2D eigenvalue weighted by molar-refractivity contribution is 0.380. The summed E-state index contributed by atoms with van der Waals surface area (Å²) in [6.45, 7) is 0. The summed E-state index contributed by atoms with van der Waals surface area (Å²) < 4.78 is 23.9. The van der Waals surface area contributed by atoms with Crippen molar-refractivity contribution in [2.45, 2.75) is 24.3 Å². The maximum atomic E-state index is 14.2. The average Bonchev–Trinajstić information content (AvgIpc) is 3.50. The van der Waals surface area contributed by atoms with E-state index >= 15 is 0 Å². The molecular formula is C40H29FN6O. The van der Waals surface area contributed by atoms with Crippen molar-refractivity contribution in [3.63, 3.8) is 0 Å². The third-order valence-electron chi connectivity index (χ3n) is 9.16. The molecule has 4 aromatic heterocycles. The molecule has 0 radical (unpaired) electrons. The molecule has 1 aliphatic rings. The maximum Gasteiger partial charge on any atom is 0.230 e. The van der Waals surface area contributed by atoms with Crippen LogP contribution in [-0.4, -0.2) is 29.3 Å². The Morgan fingerprint density at radius 2 is 1.29 bits per heavy atom. The molecule has 9 rings (SSSR count). The highest BCUT2D eigenvalue weighted by Crippen LogP contribution is 2.44. The Kier molecular flexibility index (Phi) is 6.60. The smallest absolute Gasteiger partial charge is 0.230 e. The van der Waals surface area contributed by atoms with Gasteiger partial charge in [0, 0.05) is 35.0 Å². The topological polar surface area (TPSA) is 74.0 Å². The first-order valence-corrected chi connectivity index (χ1v) is 16.0. The molecule has 0 N–H and O–H groups in total. The van der Waals surface area contributed by atoms with Crippen LogP contribution in [0, 0.1) is 5.82 Å². The van der Waals surface area contributed by atoms with Crippen LogP contribution in [0.3, 0.4) is 0 Å². The molecule has 48 heavy (non-hydrogen) atoms. The highest BCUT2D eigenvalue weighted by atomic mass is 19.1. The lowest BCUT2D eigenvalue weighted by atomic mass is 9.77. The Morgan fingerprint density at radius 1 is 0.688 bits per heavy atom.